The molecule has 5 nitrogen and oxygen atoms in total. The molecule has 2 N–H and O–H groups in total. The standard InChI is InChI=1S/C14H25N3O2/c1-11(2)17-10-16-9-13(17)8-15-7-6-12(3)4-5-14(18)19/h9-12,15H,4-8H2,1-3H3,(H,18,19). The third-order valence-electron chi connectivity index (χ3n) is 3.27. The molecule has 1 aromatic rings. The topological polar surface area (TPSA) is 67.2 Å². The summed E-state index contributed by atoms with van der Waals surface area (Å²) in [6, 6.07) is 0.425. The van der Waals surface area contributed by atoms with Gasteiger partial charge in [-0.2, -0.15) is 0 Å². The van der Waals surface area contributed by atoms with Crippen molar-refractivity contribution in [3.63, 3.8) is 0 Å². The Morgan fingerprint density at radius 2 is 2.16 bits per heavy atom. The number of carboxylic acids is 1. The molecule has 1 rings (SSSR count). The number of carboxylic acid groups (broad SMARTS) is 1. The second-order valence-electron chi connectivity index (χ2n) is 5.39. The van der Waals surface area contributed by atoms with E-state index in [9.17, 15) is 4.79 Å². The molecule has 0 aliphatic heterocycles. The highest BCUT2D eigenvalue weighted by molar-refractivity contribution is 5.66. The molecule has 1 aromatic heterocycles. The second kappa shape index (κ2) is 7.94. The molecule has 0 saturated heterocycles. The van der Waals surface area contributed by atoms with Crippen molar-refractivity contribution in [2.75, 3.05) is 6.54 Å². The summed E-state index contributed by atoms with van der Waals surface area (Å²) in [7, 11) is 0. The SMILES string of the molecule is CC(CCNCc1cncn1C(C)C)CCC(=O)O. The fourth-order valence-corrected chi connectivity index (χ4v) is 2.01. The van der Waals surface area contributed by atoms with Gasteiger partial charge in [0.15, 0.2) is 0 Å². The van der Waals surface area contributed by atoms with Crippen LogP contribution in [-0.2, 0) is 11.3 Å². The summed E-state index contributed by atoms with van der Waals surface area (Å²) in [4.78, 5) is 14.6. The van der Waals surface area contributed by atoms with E-state index in [1.807, 2.05) is 12.5 Å². The van der Waals surface area contributed by atoms with Gasteiger partial charge >= 0.3 is 5.97 Å². The predicted molar refractivity (Wildman–Crippen MR) is 75.0 cm³/mol. The molecule has 1 unspecified atom stereocenters. The Labute approximate surface area is 115 Å². The van der Waals surface area contributed by atoms with E-state index in [0.29, 0.717) is 12.0 Å². The average Bonchev–Trinajstić information content (AvgIpc) is 2.80. The Bertz CT molecular complexity index is 388. The summed E-state index contributed by atoms with van der Waals surface area (Å²) in [6.45, 7) is 8.09. The van der Waals surface area contributed by atoms with E-state index in [0.717, 1.165) is 25.9 Å². The van der Waals surface area contributed by atoms with E-state index in [1.165, 1.54) is 5.69 Å². The summed E-state index contributed by atoms with van der Waals surface area (Å²) in [5.74, 6) is -0.265. The summed E-state index contributed by atoms with van der Waals surface area (Å²) >= 11 is 0. The zero-order valence-corrected chi connectivity index (χ0v) is 12.1. The average molecular weight is 267 g/mol. The lowest BCUT2D eigenvalue weighted by atomic mass is 10.0. The molecule has 0 spiro atoms. The number of nitrogens with one attached hydrogen (secondary N) is 1. The highest BCUT2D eigenvalue weighted by Crippen LogP contribution is 2.10. The van der Waals surface area contributed by atoms with Crippen LogP contribution in [0, 0.1) is 5.92 Å². The zero-order valence-electron chi connectivity index (χ0n) is 12.1. The number of imidazole rings is 1. The molecule has 0 aliphatic carbocycles. The van der Waals surface area contributed by atoms with Crippen LogP contribution >= 0.6 is 0 Å². The molecule has 0 bridgehead atoms. The van der Waals surface area contributed by atoms with Gasteiger partial charge in [-0.25, -0.2) is 4.98 Å². The molecule has 108 valence electrons. The molecule has 0 aromatic carbocycles. The molecule has 19 heavy (non-hydrogen) atoms. The van der Waals surface area contributed by atoms with Crippen molar-refractivity contribution >= 4 is 5.97 Å². The summed E-state index contributed by atoms with van der Waals surface area (Å²) in [5, 5.41) is 12.0. The zero-order chi connectivity index (χ0) is 14.3. The molecule has 0 saturated carbocycles. The van der Waals surface area contributed by atoms with Crippen LogP contribution in [0.2, 0.25) is 0 Å². The van der Waals surface area contributed by atoms with Gasteiger partial charge in [-0.1, -0.05) is 6.92 Å². The minimum Gasteiger partial charge on any atom is -0.481 e. The van der Waals surface area contributed by atoms with Gasteiger partial charge in [0.05, 0.1) is 12.0 Å². The van der Waals surface area contributed by atoms with E-state index < -0.39 is 5.97 Å². The van der Waals surface area contributed by atoms with Crippen LogP contribution < -0.4 is 5.32 Å². The molecular weight excluding hydrogens is 242 g/mol. The van der Waals surface area contributed by atoms with Crippen LogP contribution in [0.1, 0.15) is 51.8 Å². The number of hydrogen-bond acceptors (Lipinski definition) is 3. The number of hydrogen-bond donors (Lipinski definition) is 2. The van der Waals surface area contributed by atoms with Crippen molar-refractivity contribution in [2.24, 2.45) is 5.92 Å². The molecule has 1 heterocycles. The number of aromatic nitrogens is 2. The maximum absolute atomic E-state index is 10.5. The monoisotopic (exact) mass is 267 g/mol. The van der Waals surface area contributed by atoms with E-state index in [-0.39, 0.29) is 6.42 Å². The molecule has 5 heteroatoms. The molecule has 1 atom stereocenters. The Balaban J connectivity index is 2.20. The Kier molecular flexibility index (Phi) is 6.56. The van der Waals surface area contributed by atoms with Gasteiger partial charge in [-0.15, -0.1) is 0 Å². The van der Waals surface area contributed by atoms with Gasteiger partial charge in [0.1, 0.15) is 0 Å². The number of nitrogens with zero attached hydrogens (tertiary/aromatic N) is 2. The minimum absolute atomic E-state index is 0.265. The third kappa shape index (κ3) is 5.87. The summed E-state index contributed by atoms with van der Waals surface area (Å²) in [5.41, 5.74) is 1.19. The first kappa shape index (κ1) is 15.7. The number of carbonyl (C=O) groups is 1. The van der Waals surface area contributed by atoms with Crippen LogP contribution in [0.4, 0.5) is 0 Å². The van der Waals surface area contributed by atoms with E-state index in [2.05, 4.69) is 35.6 Å². The molecule has 0 aliphatic rings. The highest BCUT2D eigenvalue weighted by Gasteiger charge is 2.07. The Morgan fingerprint density at radius 1 is 1.42 bits per heavy atom. The highest BCUT2D eigenvalue weighted by atomic mass is 16.4. The van der Waals surface area contributed by atoms with Gasteiger partial charge < -0.3 is 15.0 Å². The van der Waals surface area contributed by atoms with Gasteiger partial charge in [0.2, 0.25) is 0 Å². The van der Waals surface area contributed by atoms with Crippen molar-refractivity contribution in [1.82, 2.24) is 14.9 Å². The predicted octanol–water partition coefficient (Wildman–Crippen LogP) is 2.44. The summed E-state index contributed by atoms with van der Waals surface area (Å²) in [6.07, 6.45) is 5.77. The first-order valence-corrected chi connectivity index (χ1v) is 6.94. The fourth-order valence-electron chi connectivity index (χ4n) is 2.01. The van der Waals surface area contributed by atoms with Crippen LogP contribution in [0.25, 0.3) is 0 Å². The largest absolute Gasteiger partial charge is 0.481 e. The maximum Gasteiger partial charge on any atom is 0.303 e. The van der Waals surface area contributed by atoms with Crippen molar-refractivity contribution < 1.29 is 9.90 Å². The van der Waals surface area contributed by atoms with Gasteiger partial charge in [-0.05, 0) is 39.2 Å². The van der Waals surface area contributed by atoms with Gasteiger partial charge in [0.25, 0.3) is 0 Å². The normalized spacial score (nSPS) is 12.8. The van der Waals surface area contributed by atoms with Crippen LogP contribution in [0.3, 0.4) is 0 Å². The smallest absolute Gasteiger partial charge is 0.303 e. The third-order valence-corrected chi connectivity index (χ3v) is 3.27. The fraction of sp³-hybridized carbons (Fsp3) is 0.714. The first-order valence-electron chi connectivity index (χ1n) is 6.94. The van der Waals surface area contributed by atoms with Crippen LogP contribution in [0.5, 0.6) is 0 Å². The number of aliphatic carboxylic acids is 1. The lowest BCUT2D eigenvalue weighted by Crippen LogP contribution is -2.19. The van der Waals surface area contributed by atoms with Crippen LogP contribution in [0.15, 0.2) is 12.5 Å². The van der Waals surface area contributed by atoms with Crippen molar-refractivity contribution in [1.29, 1.82) is 0 Å². The van der Waals surface area contributed by atoms with E-state index in [1.54, 1.807) is 0 Å². The minimum atomic E-state index is -0.708. The molecule has 0 radical (unpaired) electrons. The quantitative estimate of drug-likeness (QED) is 0.674. The van der Waals surface area contributed by atoms with Crippen LogP contribution in [-0.4, -0.2) is 27.2 Å². The maximum atomic E-state index is 10.5. The van der Waals surface area contributed by atoms with Gasteiger partial charge in [-0.3, -0.25) is 4.79 Å². The molecule has 0 fully saturated rings. The van der Waals surface area contributed by atoms with Crippen molar-refractivity contribution in [3.8, 4) is 0 Å². The van der Waals surface area contributed by atoms with Crippen molar-refractivity contribution in [2.45, 2.75) is 52.6 Å². The first-order chi connectivity index (χ1) is 9.00. The Hall–Kier alpha value is -1.36. The second-order valence-corrected chi connectivity index (χ2v) is 5.39. The van der Waals surface area contributed by atoms with Crippen molar-refractivity contribution in [3.05, 3.63) is 18.2 Å². The Morgan fingerprint density at radius 3 is 2.79 bits per heavy atom. The van der Waals surface area contributed by atoms with E-state index >= 15 is 0 Å². The van der Waals surface area contributed by atoms with E-state index in [4.69, 9.17) is 5.11 Å². The molecular formula is C14H25N3O2. The molecule has 0 amide bonds. The summed E-state index contributed by atoms with van der Waals surface area (Å²) < 4.78 is 2.15. The van der Waals surface area contributed by atoms with Gasteiger partial charge in [0, 0.05) is 25.2 Å². The lowest BCUT2D eigenvalue weighted by Gasteiger charge is -2.13. The lowest BCUT2D eigenvalue weighted by molar-refractivity contribution is -0.137. The number of rotatable bonds is 9.